The van der Waals surface area contributed by atoms with Crippen LogP contribution in [-0.4, -0.2) is 25.8 Å². The smallest absolute Gasteiger partial charge is 0.305 e. The average Bonchev–Trinajstić information content (AvgIpc) is 3.32. The van der Waals surface area contributed by atoms with Crippen molar-refractivity contribution in [3.63, 3.8) is 0 Å². The Morgan fingerprint density at radius 3 is 0.909 bits per heavy atom. The second kappa shape index (κ2) is 52.7. The van der Waals surface area contributed by atoms with Crippen LogP contribution in [0.25, 0.3) is 0 Å². The lowest BCUT2D eigenvalue weighted by Crippen LogP contribution is -2.08. The van der Waals surface area contributed by atoms with Crippen LogP contribution in [0.2, 0.25) is 0 Å². The van der Waals surface area contributed by atoms with E-state index >= 15 is 0 Å². The van der Waals surface area contributed by atoms with Crippen molar-refractivity contribution in [1.82, 2.24) is 0 Å². The number of unbranched alkanes of at least 4 members (excludes halogenated alkanes) is 44. The molecule has 0 heterocycles. The molecule has 1 aromatic rings. The van der Waals surface area contributed by atoms with Crippen LogP contribution in [0.5, 0.6) is 11.5 Å². The van der Waals surface area contributed by atoms with Crippen molar-refractivity contribution < 1.29 is 19.0 Å². The van der Waals surface area contributed by atoms with E-state index in [2.05, 4.69) is 39.0 Å². The van der Waals surface area contributed by atoms with Gasteiger partial charge in [-0.2, -0.15) is 0 Å². The van der Waals surface area contributed by atoms with E-state index < -0.39 is 0 Å². The number of benzene rings is 1. The van der Waals surface area contributed by atoms with E-state index in [0.29, 0.717) is 19.4 Å². The summed E-state index contributed by atoms with van der Waals surface area (Å²) in [5, 5.41) is 0. The topological polar surface area (TPSA) is 44.8 Å². The van der Waals surface area contributed by atoms with E-state index in [4.69, 9.17) is 14.2 Å². The van der Waals surface area contributed by atoms with Crippen molar-refractivity contribution in [2.75, 3.05) is 19.8 Å². The van der Waals surface area contributed by atoms with Crippen molar-refractivity contribution in [3.05, 3.63) is 23.8 Å². The van der Waals surface area contributed by atoms with Gasteiger partial charge < -0.3 is 14.2 Å². The van der Waals surface area contributed by atoms with Gasteiger partial charge in [0.25, 0.3) is 0 Å². The van der Waals surface area contributed by atoms with Crippen LogP contribution in [0, 0.1) is 0 Å². The van der Waals surface area contributed by atoms with Gasteiger partial charge in [-0.1, -0.05) is 309 Å². The molecule has 0 bridgehead atoms. The fourth-order valence-electron chi connectivity index (χ4n) is 9.60. The molecule has 0 unspecified atom stereocenters. The standard InChI is InChI=1S/C62H116O4/c1-4-7-10-13-16-19-22-25-28-31-34-37-40-43-46-49-55-64-60-53-52-59(54-57-66-62(63)51-48-45-42-39-36-33-30-27-24-21-18-15-12-9-6-3)58-61(60)65-56-50-47-44-41-38-35-32-29-26-23-20-17-14-11-8-5-2/h52-53,58H,4-51,54-57H2,1-3H3. The van der Waals surface area contributed by atoms with Crippen molar-refractivity contribution in [2.24, 2.45) is 0 Å². The van der Waals surface area contributed by atoms with Crippen LogP contribution >= 0.6 is 0 Å². The summed E-state index contributed by atoms with van der Waals surface area (Å²) in [6.45, 7) is 8.79. The number of esters is 1. The molecule has 4 heteroatoms. The Bertz CT molecular complexity index is 1100. The van der Waals surface area contributed by atoms with Crippen LogP contribution in [0.15, 0.2) is 18.2 Å². The first kappa shape index (κ1) is 62.3. The molecule has 0 saturated heterocycles. The van der Waals surface area contributed by atoms with Crippen LogP contribution in [0.4, 0.5) is 0 Å². The molecule has 388 valence electrons. The van der Waals surface area contributed by atoms with Gasteiger partial charge in [0.15, 0.2) is 11.5 Å². The Hall–Kier alpha value is -1.71. The van der Waals surface area contributed by atoms with Gasteiger partial charge in [-0.15, -0.1) is 0 Å². The molecule has 0 aliphatic rings. The summed E-state index contributed by atoms with van der Waals surface area (Å²) in [7, 11) is 0. The molecule has 1 rings (SSSR count). The SMILES string of the molecule is CCCCCCCCCCCCCCCCCCOc1ccc(CCOC(=O)CCCCCCCCCCCCCCCCC)cc1OCCCCCCCCCCCCCCCCCC. The molecule has 0 aromatic heterocycles. The molecule has 66 heavy (non-hydrogen) atoms. The fourth-order valence-corrected chi connectivity index (χ4v) is 9.60. The summed E-state index contributed by atoms with van der Waals surface area (Å²) in [5.41, 5.74) is 1.14. The molecule has 0 aliphatic carbocycles. The third kappa shape index (κ3) is 44.8. The highest BCUT2D eigenvalue weighted by Gasteiger charge is 2.10. The first-order valence-corrected chi connectivity index (χ1v) is 30.2. The monoisotopic (exact) mass is 925 g/mol. The van der Waals surface area contributed by atoms with Gasteiger partial charge in [-0.05, 0) is 37.0 Å². The van der Waals surface area contributed by atoms with Gasteiger partial charge in [0.05, 0.1) is 19.8 Å². The zero-order valence-corrected chi connectivity index (χ0v) is 45.1. The van der Waals surface area contributed by atoms with Crippen LogP contribution < -0.4 is 9.47 Å². The maximum atomic E-state index is 12.5. The van der Waals surface area contributed by atoms with E-state index in [1.54, 1.807) is 0 Å². The summed E-state index contributed by atoms with van der Waals surface area (Å²) in [5.74, 6) is 1.67. The van der Waals surface area contributed by atoms with E-state index in [0.717, 1.165) is 56.0 Å². The molecule has 0 amide bonds. The normalized spacial score (nSPS) is 11.4. The van der Waals surface area contributed by atoms with Gasteiger partial charge in [-0.25, -0.2) is 0 Å². The third-order valence-electron chi connectivity index (χ3n) is 14.2. The minimum Gasteiger partial charge on any atom is -0.490 e. The highest BCUT2D eigenvalue weighted by atomic mass is 16.5. The molecule has 4 nitrogen and oxygen atoms in total. The highest BCUT2D eigenvalue weighted by Crippen LogP contribution is 2.30. The Labute approximate surface area is 413 Å². The van der Waals surface area contributed by atoms with Gasteiger partial charge in [-0.3, -0.25) is 4.79 Å². The maximum Gasteiger partial charge on any atom is 0.305 e. The van der Waals surface area contributed by atoms with E-state index in [1.165, 1.54) is 276 Å². The molecule has 1 aromatic carbocycles. The number of carbonyl (C=O) groups is 1. The second-order valence-corrected chi connectivity index (χ2v) is 20.8. The zero-order chi connectivity index (χ0) is 47.3. The number of ether oxygens (including phenoxy) is 3. The Kier molecular flexibility index (Phi) is 49.7. The van der Waals surface area contributed by atoms with Gasteiger partial charge >= 0.3 is 5.97 Å². The summed E-state index contributed by atoms with van der Waals surface area (Å²) in [4.78, 5) is 12.5. The molecule has 0 fully saturated rings. The summed E-state index contributed by atoms with van der Waals surface area (Å²) in [6.07, 6.45) is 65.2. The van der Waals surface area contributed by atoms with Crippen LogP contribution in [-0.2, 0) is 16.0 Å². The molecule has 0 radical (unpaired) electrons. The third-order valence-corrected chi connectivity index (χ3v) is 14.2. The predicted molar refractivity (Wildman–Crippen MR) is 291 cm³/mol. The fraction of sp³-hybridized carbons (Fsp3) is 0.887. The second-order valence-electron chi connectivity index (χ2n) is 20.8. The van der Waals surface area contributed by atoms with Gasteiger partial charge in [0.2, 0.25) is 0 Å². The van der Waals surface area contributed by atoms with E-state index in [1.807, 2.05) is 0 Å². The molecule has 0 saturated carbocycles. The van der Waals surface area contributed by atoms with E-state index in [9.17, 15) is 4.79 Å². The van der Waals surface area contributed by atoms with Crippen molar-refractivity contribution in [1.29, 1.82) is 0 Å². The van der Waals surface area contributed by atoms with Gasteiger partial charge in [0, 0.05) is 12.8 Å². The first-order chi connectivity index (χ1) is 32.7. The lowest BCUT2D eigenvalue weighted by molar-refractivity contribution is -0.143. The molecular formula is C62H116O4. The number of hydrogen-bond acceptors (Lipinski definition) is 4. The van der Waals surface area contributed by atoms with Crippen LogP contribution in [0.3, 0.4) is 0 Å². The molecule has 0 atom stereocenters. The minimum atomic E-state index is -0.0524. The zero-order valence-electron chi connectivity index (χ0n) is 45.1. The Balaban J connectivity index is 2.29. The minimum absolute atomic E-state index is 0.0524. The largest absolute Gasteiger partial charge is 0.490 e. The Morgan fingerprint density at radius 1 is 0.318 bits per heavy atom. The summed E-state index contributed by atoms with van der Waals surface area (Å²) >= 11 is 0. The molecule has 0 spiro atoms. The predicted octanol–water partition coefficient (Wildman–Crippen LogP) is 21.3. The number of hydrogen-bond donors (Lipinski definition) is 0. The van der Waals surface area contributed by atoms with Gasteiger partial charge in [0.1, 0.15) is 0 Å². The average molecular weight is 926 g/mol. The summed E-state index contributed by atoms with van der Waals surface area (Å²) < 4.78 is 18.4. The number of rotatable bonds is 55. The summed E-state index contributed by atoms with van der Waals surface area (Å²) in [6, 6.07) is 6.35. The van der Waals surface area contributed by atoms with E-state index in [-0.39, 0.29) is 5.97 Å². The first-order valence-electron chi connectivity index (χ1n) is 30.2. The molecule has 0 aliphatic heterocycles. The lowest BCUT2D eigenvalue weighted by Gasteiger charge is -2.15. The molecule has 0 N–H and O–H groups in total. The van der Waals surface area contributed by atoms with Crippen molar-refractivity contribution in [3.8, 4) is 11.5 Å². The highest BCUT2D eigenvalue weighted by molar-refractivity contribution is 5.69. The lowest BCUT2D eigenvalue weighted by atomic mass is 10.0. The van der Waals surface area contributed by atoms with Crippen LogP contribution in [0.1, 0.15) is 335 Å². The molecular weight excluding hydrogens is 809 g/mol. The number of carbonyl (C=O) groups excluding carboxylic acids is 1. The van der Waals surface area contributed by atoms with Crippen molar-refractivity contribution >= 4 is 5.97 Å². The Morgan fingerprint density at radius 2 is 0.591 bits per heavy atom. The van der Waals surface area contributed by atoms with Crippen molar-refractivity contribution in [2.45, 2.75) is 335 Å². The maximum absolute atomic E-state index is 12.5. The quantitative estimate of drug-likeness (QED) is 0.0482.